The number of hydrogen-bond donors (Lipinski definition) is 0. The quantitative estimate of drug-likeness (QED) is 0.456. The van der Waals surface area contributed by atoms with Gasteiger partial charge in [-0.1, -0.05) is 36.4 Å². The van der Waals surface area contributed by atoms with Gasteiger partial charge in [0.2, 0.25) is 10.0 Å². The van der Waals surface area contributed by atoms with E-state index in [-0.39, 0.29) is 11.4 Å². The predicted octanol–water partition coefficient (Wildman–Crippen LogP) is 4.11. The minimum Gasteiger partial charge on any atom is -0.493 e. The van der Waals surface area contributed by atoms with E-state index in [1.54, 1.807) is 25.3 Å². The van der Waals surface area contributed by atoms with Gasteiger partial charge >= 0.3 is 0 Å². The molecule has 0 fully saturated rings. The van der Waals surface area contributed by atoms with Gasteiger partial charge in [-0.2, -0.15) is 4.31 Å². The molecule has 32 heavy (non-hydrogen) atoms. The summed E-state index contributed by atoms with van der Waals surface area (Å²) in [5.74, 6) is 1.94. The third-order valence-electron chi connectivity index (χ3n) is 4.93. The molecule has 0 aromatic heterocycles. The molecule has 3 rings (SSSR count). The molecule has 0 unspecified atom stereocenters. The van der Waals surface area contributed by atoms with E-state index in [0.29, 0.717) is 29.6 Å². The summed E-state index contributed by atoms with van der Waals surface area (Å²) in [7, 11) is 2.30. The van der Waals surface area contributed by atoms with E-state index in [1.165, 1.54) is 37.7 Å². The molecular weight excluding hydrogens is 430 g/mol. The van der Waals surface area contributed by atoms with E-state index in [4.69, 9.17) is 18.9 Å². The summed E-state index contributed by atoms with van der Waals surface area (Å²) in [5, 5.41) is 0. The lowest BCUT2D eigenvalue weighted by Gasteiger charge is -2.19. The van der Waals surface area contributed by atoms with Gasteiger partial charge in [-0.3, -0.25) is 0 Å². The Hall–Kier alpha value is -3.23. The second-order valence-corrected chi connectivity index (χ2v) is 9.08. The first-order chi connectivity index (χ1) is 15.4. The Bertz CT molecular complexity index is 1150. The highest BCUT2D eigenvalue weighted by molar-refractivity contribution is 7.89. The van der Waals surface area contributed by atoms with Crippen LogP contribution in [0.3, 0.4) is 0 Å². The summed E-state index contributed by atoms with van der Waals surface area (Å²) in [6.07, 6.45) is 0. The van der Waals surface area contributed by atoms with Gasteiger partial charge in [0.25, 0.3) is 0 Å². The van der Waals surface area contributed by atoms with Gasteiger partial charge in [0.05, 0.1) is 26.2 Å². The fourth-order valence-corrected chi connectivity index (χ4v) is 4.34. The smallest absolute Gasteiger partial charge is 0.243 e. The second kappa shape index (κ2) is 10.4. The minimum absolute atomic E-state index is 0.118. The molecule has 0 aliphatic carbocycles. The Kier molecular flexibility index (Phi) is 7.61. The SMILES string of the molecule is COc1ccc(S(=O)(=O)N(C)Cc2ccc(OCc3ccccc3)c(OC)c2)cc1OC. The van der Waals surface area contributed by atoms with E-state index in [1.807, 2.05) is 36.4 Å². The van der Waals surface area contributed by atoms with Crippen molar-refractivity contribution in [2.45, 2.75) is 18.0 Å². The fourth-order valence-electron chi connectivity index (χ4n) is 3.16. The number of ether oxygens (including phenoxy) is 4. The molecule has 0 saturated carbocycles. The summed E-state index contributed by atoms with van der Waals surface area (Å²) >= 11 is 0. The number of methoxy groups -OCH3 is 3. The first-order valence-electron chi connectivity index (χ1n) is 9.91. The predicted molar refractivity (Wildman–Crippen MR) is 122 cm³/mol. The first-order valence-corrected chi connectivity index (χ1v) is 11.3. The van der Waals surface area contributed by atoms with Crippen LogP contribution < -0.4 is 18.9 Å². The number of nitrogens with zero attached hydrogens (tertiary/aromatic N) is 1. The molecule has 0 bridgehead atoms. The van der Waals surface area contributed by atoms with Crippen LogP contribution in [0.25, 0.3) is 0 Å². The highest BCUT2D eigenvalue weighted by atomic mass is 32.2. The van der Waals surface area contributed by atoms with Crippen molar-refractivity contribution in [1.82, 2.24) is 4.31 Å². The molecule has 3 aromatic rings. The molecule has 0 spiro atoms. The average molecular weight is 458 g/mol. The van der Waals surface area contributed by atoms with Crippen LogP contribution in [-0.2, 0) is 23.2 Å². The maximum atomic E-state index is 13.1. The van der Waals surface area contributed by atoms with Gasteiger partial charge in [-0.05, 0) is 35.4 Å². The maximum Gasteiger partial charge on any atom is 0.243 e. The molecule has 8 heteroatoms. The van der Waals surface area contributed by atoms with Crippen molar-refractivity contribution in [3.8, 4) is 23.0 Å². The molecule has 7 nitrogen and oxygen atoms in total. The van der Waals surface area contributed by atoms with Gasteiger partial charge < -0.3 is 18.9 Å². The van der Waals surface area contributed by atoms with E-state index >= 15 is 0 Å². The first kappa shape index (κ1) is 23.4. The van der Waals surface area contributed by atoms with Crippen LogP contribution in [-0.4, -0.2) is 41.1 Å². The van der Waals surface area contributed by atoms with Crippen LogP contribution in [0.5, 0.6) is 23.0 Å². The molecular formula is C24H27NO6S. The lowest BCUT2D eigenvalue weighted by molar-refractivity contribution is 0.284. The molecule has 170 valence electrons. The van der Waals surface area contributed by atoms with Crippen molar-refractivity contribution in [1.29, 1.82) is 0 Å². The molecule has 0 saturated heterocycles. The summed E-state index contributed by atoms with van der Waals surface area (Å²) in [4.78, 5) is 0.118. The van der Waals surface area contributed by atoms with Gasteiger partial charge in [-0.15, -0.1) is 0 Å². The van der Waals surface area contributed by atoms with Crippen LogP contribution in [0, 0.1) is 0 Å². The van der Waals surface area contributed by atoms with Crippen LogP contribution in [0.15, 0.2) is 71.6 Å². The van der Waals surface area contributed by atoms with Crippen molar-refractivity contribution >= 4 is 10.0 Å². The van der Waals surface area contributed by atoms with Crippen molar-refractivity contribution in [2.24, 2.45) is 0 Å². The molecule has 0 radical (unpaired) electrons. The van der Waals surface area contributed by atoms with E-state index < -0.39 is 10.0 Å². The third-order valence-corrected chi connectivity index (χ3v) is 6.73. The Labute approximate surface area is 189 Å². The number of benzene rings is 3. The van der Waals surface area contributed by atoms with Crippen molar-refractivity contribution in [2.75, 3.05) is 28.4 Å². The Morgan fingerprint density at radius 1 is 0.719 bits per heavy atom. The lowest BCUT2D eigenvalue weighted by atomic mass is 10.2. The summed E-state index contributed by atoms with van der Waals surface area (Å²) < 4.78 is 49.1. The van der Waals surface area contributed by atoms with Crippen molar-refractivity contribution in [3.63, 3.8) is 0 Å². The normalized spacial score (nSPS) is 11.3. The Balaban J connectivity index is 1.75. The highest BCUT2D eigenvalue weighted by Crippen LogP contribution is 2.32. The summed E-state index contributed by atoms with van der Waals surface area (Å²) in [6, 6.07) is 19.7. The molecule has 0 aliphatic rings. The van der Waals surface area contributed by atoms with E-state index in [2.05, 4.69) is 0 Å². The molecule has 0 aliphatic heterocycles. The Morgan fingerprint density at radius 3 is 2.00 bits per heavy atom. The zero-order valence-corrected chi connectivity index (χ0v) is 19.4. The zero-order chi connectivity index (χ0) is 23.1. The Morgan fingerprint density at radius 2 is 1.34 bits per heavy atom. The van der Waals surface area contributed by atoms with Crippen LogP contribution in [0.2, 0.25) is 0 Å². The topological polar surface area (TPSA) is 74.3 Å². The van der Waals surface area contributed by atoms with Crippen molar-refractivity contribution in [3.05, 3.63) is 77.9 Å². The lowest BCUT2D eigenvalue weighted by Crippen LogP contribution is -2.26. The number of rotatable bonds is 10. The average Bonchev–Trinajstić information content (AvgIpc) is 2.83. The molecule has 0 heterocycles. The number of hydrogen-bond acceptors (Lipinski definition) is 6. The monoisotopic (exact) mass is 457 g/mol. The van der Waals surface area contributed by atoms with E-state index in [9.17, 15) is 8.42 Å². The van der Waals surface area contributed by atoms with Gasteiger partial charge in [0.15, 0.2) is 23.0 Å². The van der Waals surface area contributed by atoms with Gasteiger partial charge in [-0.25, -0.2) is 8.42 Å². The maximum absolute atomic E-state index is 13.1. The van der Waals surface area contributed by atoms with Crippen LogP contribution >= 0.6 is 0 Å². The van der Waals surface area contributed by atoms with Gasteiger partial charge in [0, 0.05) is 19.7 Å². The third kappa shape index (κ3) is 5.33. The van der Waals surface area contributed by atoms with Crippen molar-refractivity contribution < 1.29 is 27.4 Å². The summed E-state index contributed by atoms with van der Waals surface area (Å²) in [6.45, 7) is 0.566. The molecule has 3 aromatic carbocycles. The highest BCUT2D eigenvalue weighted by Gasteiger charge is 2.23. The minimum atomic E-state index is -3.74. The van der Waals surface area contributed by atoms with Crippen LogP contribution in [0.4, 0.5) is 0 Å². The molecule has 0 N–H and O–H groups in total. The molecule has 0 atom stereocenters. The summed E-state index contributed by atoms with van der Waals surface area (Å²) in [5.41, 5.74) is 1.81. The molecule has 0 amide bonds. The zero-order valence-electron chi connectivity index (χ0n) is 18.6. The van der Waals surface area contributed by atoms with Crippen LogP contribution in [0.1, 0.15) is 11.1 Å². The van der Waals surface area contributed by atoms with Gasteiger partial charge in [0.1, 0.15) is 6.61 Å². The second-order valence-electron chi connectivity index (χ2n) is 7.04. The van der Waals surface area contributed by atoms with E-state index in [0.717, 1.165) is 11.1 Å². The number of sulfonamides is 1. The standard InChI is InChI=1S/C24H27NO6S/c1-25(32(26,27)20-11-13-21(28-2)24(15-20)30-4)16-19-10-12-22(23(14-19)29-3)31-17-18-8-6-5-7-9-18/h5-15H,16-17H2,1-4H3. The fraction of sp³-hybridized carbons (Fsp3) is 0.250. The largest absolute Gasteiger partial charge is 0.493 e.